The summed E-state index contributed by atoms with van der Waals surface area (Å²) in [4.78, 5) is 7.22. The standard InChI is InChI=1S/C49H34N2.C46H30N2.C42H28N2.2CH4.4H2/c1-33-15-5-12-24-46(33)50(35-27-29-42-40-21-7-6-19-38(40)39-20-8-9-22-41(39)45(42)31-35)36-28-30-44-43-23-11-14-26-48(43)51(49(44)32-36)47-25-13-10-18-37(47)34-16-3-2-4-17-34;1-2-15-32(16-3-1)47(33-25-27-40-38-20-7-6-18-36(38)37-19-8-9-21-39(37)43(40)29-33)34-26-28-42-41-22-10-11-23-45(41)48(46(42)30-34)44-24-12-14-31-13-4-5-17-35(31)44;1-3-13-29(14-4-1)43(31-23-25-37-35-19-8-7-17-33(35)34-18-9-10-20-36(34)40(37)27-31)32-24-26-39-38-21-11-12-22-41(38)44(42(39)28-32)30-15-5-2-6-16-30;;;;;;/h2-32H,1H3;1-30H;1-28H;2*1H4;4*1H/i;;;2*1D;4*1+1D. The van der Waals surface area contributed by atoms with Gasteiger partial charge >= 0.3 is 0 Å². The zero-order valence-corrected chi connectivity index (χ0v) is 80.6. The summed E-state index contributed by atoms with van der Waals surface area (Å²) in [6.07, 6.45) is 0. The van der Waals surface area contributed by atoms with Gasteiger partial charge < -0.3 is 28.4 Å². The molecule has 145 heavy (non-hydrogen) atoms. The average molecular weight is 1870 g/mol. The molecule has 29 rings (SSSR count). The zero-order chi connectivity index (χ0) is 107. The molecule has 29 aromatic rings. The fraction of sp³-hybridized carbons (Fsp3) is 0.0216. The Morgan fingerprint density at radius 2 is 0.434 bits per heavy atom. The SMILES string of the molecule is Cc1ccccc1N(c1ccc2c3ccccc3c3ccccc3c2c1)c1ccc2c3ccccc3n(-c3ccccc3-c3ccccc3)c2c1.[2H]C.[2H]C.[2H][2H].[2H][2H].[2H][2H].[2H][2H].c1ccc(N(c2ccc3c4ccccc4c4ccccc4c3c2)c2ccc3c4ccccc4n(-c4cccc5ccccc45)c3c2)cc1.c1ccc(N(c2ccc3c4ccccc4c4ccccc4c3c2)c2ccc3c4ccccc4n(-c4ccccc4)c3c2)cc1. The summed E-state index contributed by atoms with van der Waals surface area (Å²) in [7, 11) is 2.50. The molecule has 0 spiro atoms. The monoisotopic (exact) mass is 1870 g/mol. The summed E-state index contributed by atoms with van der Waals surface area (Å²) in [6.45, 7) is 2.21. The van der Waals surface area contributed by atoms with E-state index < -0.39 is 0 Å². The zero-order valence-electron chi connectivity index (χ0n) is 90.6. The molecule has 0 aliphatic rings. The molecule has 0 amide bonds. The van der Waals surface area contributed by atoms with E-state index in [4.69, 9.17) is 14.6 Å². The van der Waals surface area contributed by atoms with E-state index in [1.807, 2.05) is 0 Å². The second-order valence-electron chi connectivity index (χ2n) is 37.3. The molecule has 3 aromatic heterocycles. The first-order valence-electron chi connectivity index (χ1n) is 55.3. The number of hydrogen-bond acceptors (Lipinski definition) is 3. The van der Waals surface area contributed by atoms with E-state index >= 15 is 0 Å². The minimum absolute atomic E-state index is 1.11. The molecule has 0 saturated heterocycles. The number of para-hydroxylation sites is 8. The van der Waals surface area contributed by atoms with E-state index in [1.165, 1.54) is 216 Å². The van der Waals surface area contributed by atoms with Crippen LogP contribution in [-0.2, 0) is 0 Å². The molecular formula is C139H108N6. The van der Waals surface area contributed by atoms with Crippen molar-refractivity contribution >= 4 is 224 Å². The van der Waals surface area contributed by atoms with Crippen molar-refractivity contribution < 1.29 is 14.6 Å². The number of rotatable bonds is 13. The minimum atomic E-state index is 1.11. The van der Waals surface area contributed by atoms with Crippen LogP contribution in [0.15, 0.2) is 540 Å². The molecule has 694 valence electrons. The molecule has 0 N–H and O–H groups in total. The van der Waals surface area contributed by atoms with Crippen LogP contribution in [0, 0.1) is 6.92 Å². The molecule has 6 heteroatoms. The van der Waals surface area contributed by atoms with E-state index in [1.54, 1.807) is 0 Å². The maximum atomic E-state index is 5.75. The van der Waals surface area contributed by atoms with Crippen LogP contribution in [0.4, 0.5) is 51.2 Å². The predicted molar refractivity (Wildman–Crippen MR) is 634 cm³/mol. The lowest BCUT2D eigenvalue weighted by Crippen LogP contribution is -2.11. The van der Waals surface area contributed by atoms with Gasteiger partial charge in [0.2, 0.25) is 0 Å². The summed E-state index contributed by atoms with van der Waals surface area (Å²) >= 11 is 0. The van der Waals surface area contributed by atoms with Crippen molar-refractivity contribution in [2.75, 3.05) is 14.7 Å². The molecule has 26 aromatic carbocycles. The van der Waals surface area contributed by atoms with Crippen LogP contribution in [0.2, 0.25) is 0 Å². The molecule has 0 fully saturated rings. The normalized spacial score (nSPS) is 11.8. The van der Waals surface area contributed by atoms with Crippen molar-refractivity contribution in [2.24, 2.45) is 0 Å². The van der Waals surface area contributed by atoms with Crippen LogP contribution in [0.5, 0.6) is 0 Å². The first-order chi connectivity index (χ1) is 76.9. The highest BCUT2D eigenvalue weighted by atomic mass is 15.2. The highest BCUT2D eigenvalue weighted by Gasteiger charge is 2.27. The second kappa shape index (κ2) is 36.7. The molecule has 3 heterocycles. The topological polar surface area (TPSA) is 24.5 Å². The van der Waals surface area contributed by atoms with Crippen molar-refractivity contribution in [3.63, 3.8) is 0 Å². The van der Waals surface area contributed by atoms with Gasteiger partial charge in [0.15, 0.2) is 0 Å². The Labute approximate surface area is 857 Å². The van der Waals surface area contributed by atoms with E-state index in [0.717, 1.165) is 56.9 Å². The van der Waals surface area contributed by atoms with Gasteiger partial charge in [-0.15, -0.1) is 0 Å². The Hall–Kier alpha value is -18.9. The quantitative estimate of drug-likeness (QED) is 0.108. The van der Waals surface area contributed by atoms with Crippen molar-refractivity contribution in [3.8, 4) is 28.2 Å². The van der Waals surface area contributed by atoms with Gasteiger partial charge in [0.25, 0.3) is 0 Å². The Bertz CT molecular complexity index is 10000. The van der Waals surface area contributed by atoms with Crippen LogP contribution < -0.4 is 14.7 Å². The summed E-state index contributed by atoms with van der Waals surface area (Å²) < 4.78 is 58.8. The van der Waals surface area contributed by atoms with Crippen molar-refractivity contribution in [3.05, 3.63) is 545 Å². The van der Waals surface area contributed by atoms with Gasteiger partial charge in [-0.3, -0.25) is 0 Å². The van der Waals surface area contributed by atoms with Crippen LogP contribution >= 0.6 is 0 Å². The number of benzene rings is 26. The lowest BCUT2D eigenvalue weighted by atomic mass is 9.94. The van der Waals surface area contributed by atoms with E-state index in [2.05, 4.69) is 575 Å². The molecule has 0 atom stereocenters. The van der Waals surface area contributed by atoms with Gasteiger partial charge in [-0.25, -0.2) is 0 Å². The fourth-order valence-electron chi connectivity index (χ4n) is 23.0. The highest BCUT2D eigenvalue weighted by Crippen LogP contribution is 2.50. The van der Waals surface area contributed by atoms with Crippen LogP contribution in [-0.4, -0.2) is 13.7 Å². The fourth-order valence-corrected chi connectivity index (χ4v) is 23.0. The molecule has 0 radical (unpaired) electrons. The van der Waals surface area contributed by atoms with Gasteiger partial charge in [0, 0.05) is 115 Å². The molecule has 6 nitrogen and oxygen atoms in total. The minimum Gasteiger partial charge on any atom is -0.310 e. The third-order valence-corrected chi connectivity index (χ3v) is 29.3. The number of nitrogens with zero attached hydrogens (tertiary/aromatic N) is 6. The first-order valence-corrected chi connectivity index (χ1v) is 49.3. The van der Waals surface area contributed by atoms with Gasteiger partial charge in [-0.1, -0.05) is 409 Å². The number of aromatic nitrogens is 3. The molecule has 0 aliphatic carbocycles. The number of fused-ring (bicyclic) bond motifs is 28. The van der Waals surface area contributed by atoms with Crippen LogP contribution in [0.1, 0.15) is 35.0 Å². The molecule has 0 unspecified atom stereocenters. The van der Waals surface area contributed by atoms with Gasteiger partial charge in [-0.2, -0.15) is 0 Å². The second-order valence-corrected chi connectivity index (χ2v) is 37.3. The Balaban J connectivity index is 0.000000129. The first kappa shape index (κ1) is 81.0. The van der Waals surface area contributed by atoms with E-state index in [0.29, 0.717) is 0 Å². The highest BCUT2D eigenvalue weighted by molar-refractivity contribution is 6.29. The number of hydrogen-bond donors (Lipinski definition) is 0. The largest absolute Gasteiger partial charge is 0.310 e. The van der Waals surface area contributed by atoms with Crippen molar-refractivity contribution in [1.29, 1.82) is 0 Å². The molecule has 0 bridgehead atoms. The maximum absolute atomic E-state index is 5.75. The van der Waals surface area contributed by atoms with Crippen LogP contribution in [0.25, 0.3) is 201 Å². The molecule has 0 aliphatic heterocycles. The van der Waals surface area contributed by atoms with E-state index in [-0.39, 0.29) is 0 Å². The summed E-state index contributed by atoms with van der Waals surface area (Å²) in [6, 6.07) is 196. The lowest BCUT2D eigenvalue weighted by molar-refractivity contribution is 1.18. The maximum Gasteiger partial charge on any atom is 0.0562 e. The Morgan fingerprint density at radius 3 is 0.841 bits per heavy atom. The molecule has 0 saturated carbocycles. The summed E-state index contributed by atoms with van der Waals surface area (Å²) in [5, 5.41) is 32.9. The third kappa shape index (κ3) is 14.9. The summed E-state index contributed by atoms with van der Waals surface area (Å²) in [5.41, 5.74) is 24.4. The molecular weight excluding hydrogens is 1750 g/mol. The smallest absolute Gasteiger partial charge is 0.0562 e. The van der Waals surface area contributed by atoms with Crippen LogP contribution in [0.3, 0.4) is 0 Å². The van der Waals surface area contributed by atoms with Gasteiger partial charge in [0.05, 0.1) is 44.5 Å². The third-order valence-electron chi connectivity index (χ3n) is 29.3. The van der Waals surface area contributed by atoms with E-state index in [9.17, 15) is 0 Å². The lowest BCUT2D eigenvalue weighted by Gasteiger charge is -2.28. The van der Waals surface area contributed by atoms with Crippen molar-refractivity contribution in [2.45, 2.75) is 21.7 Å². The number of anilines is 9. The Kier molecular flexibility index (Phi) is 20.5. The van der Waals surface area contributed by atoms with Gasteiger partial charge in [0.1, 0.15) is 0 Å². The average Bonchev–Trinajstić information content (AvgIpc) is 1.60. The predicted octanol–water partition coefficient (Wildman–Crippen LogP) is 40.5. The van der Waals surface area contributed by atoms with Gasteiger partial charge in [-0.05, 0) is 266 Å². The number of aryl methyl sites for hydroxylation is 1. The summed E-state index contributed by atoms with van der Waals surface area (Å²) in [5.74, 6) is 0. The Morgan fingerprint density at radius 1 is 0.179 bits per heavy atom. The van der Waals surface area contributed by atoms with Crippen molar-refractivity contribution in [1.82, 2.24) is 13.7 Å².